The van der Waals surface area contributed by atoms with Crippen molar-refractivity contribution in [2.45, 2.75) is 64.3 Å². The van der Waals surface area contributed by atoms with Crippen LogP contribution >= 0.6 is 0 Å². The summed E-state index contributed by atoms with van der Waals surface area (Å²) in [5.41, 5.74) is 3.90. The highest BCUT2D eigenvalue weighted by Gasteiger charge is 2.51. The molecule has 0 radical (unpaired) electrons. The number of para-hydroxylation sites is 2. The summed E-state index contributed by atoms with van der Waals surface area (Å²) in [5.74, 6) is 3.52. The Kier molecular flexibility index (Phi) is 4.49. The predicted octanol–water partition coefficient (Wildman–Crippen LogP) is 4.30. The Hall–Kier alpha value is -2.96. The molecule has 166 valence electrons. The van der Waals surface area contributed by atoms with Gasteiger partial charge in [-0.25, -0.2) is 9.50 Å². The van der Waals surface area contributed by atoms with Gasteiger partial charge in [0.25, 0.3) is 5.78 Å². The van der Waals surface area contributed by atoms with Gasteiger partial charge < -0.3 is 10.6 Å². The zero-order chi connectivity index (χ0) is 21.9. The van der Waals surface area contributed by atoms with E-state index in [1.54, 1.807) is 4.52 Å². The Bertz CT molecular complexity index is 1160. The number of aryl methyl sites for hydroxylation is 2. The number of amides is 1. The molecule has 4 saturated carbocycles. The van der Waals surface area contributed by atoms with Crippen LogP contribution < -0.4 is 10.6 Å². The standard InChI is InChI=1S/C25H30N6O/c1-15-7-16(2)31-24(26-15)28-22(30-31)11-23(32)27-20-5-3-4-6-21(20)29-25-12-17-8-18(13-25)10-19(9-17)14-25/h3-7,17-19,29H,8-14H2,1-2H3,(H,27,32). The Balaban J connectivity index is 1.19. The maximum atomic E-state index is 12.9. The summed E-state index contributed by atoms with van der Waals surface area (Å²) in [7, 11) is 0. The Morgan fingerprint density at radius 1 is 1.03 bits per heavy atom. The fourth-order valence-corrected chi connectivity index (χ4v) is 6.87. The number of hydrogen-bond donors (Lipinski definition) is 2. The number of aromatic nitrogens is 4. The summed E-state index contributed by atoms with van der Waals surface area (Å²) in [4.78, 5) is 21.7. The number of carbonyl (C=O) groups excluding carboxylic acids is 1. The quantitative estimate of drug-likeness (QED) is 0.630. The van der Waals surface area contributed by atoms with Crippen LogP contribution in [0.5, 0.6) is 0 Å². The van der Waals surface area contributed by atoms with Gasteiger partial charge in [0.15, 0.2) is 5.82 Å². The van der Waals surface area contributed by atoms with Crippen LogP contribution in [0, 0.1) is 31.6 Å². The fourth-order valence-electron chi connectivity index (χ4n) is 6.87. The maximum absolute atomic E-state index is 12.9. The molecule has 0 saturated heterocycles. The molecular formula is C25H30N6O. The second kappa shape index (κ2) is 7.29. The number of hydrogen-bond acceptors (Lipinski definition) is 5. The normalized spacial score (nSPS) is 28.2. The topological polar surface area (TPSA) is 84.2 Å². The molecule has 2 aromatic heterocycles. The molecule has 2 N–H and O–H groups in total. The van der Waals surface area contributed by atoms with E-state index in [-0.39, 0.29) is 17.9 Å². The maximum Gasteiger partial charge on any atom is 0.252 e. The van der Waals surface area contributed by atoms with Crippen LogP contribution in [0.4, 0.5) is 11.4 Å². The minimum absolute atomic E-state index is 0.116. The summed E-state index contributed by atoms with van der Waals surface area (Å²) in [6.45, 7) is 3.90. The molecule has 32 heavy (non-hydrogen) atoms. The summed E-state index contributed by atoms with van der Waals surface area (Å²) in [6, 6.07) is 10.0. The van der Waals surface area contributed by atoms with Crippen LogP contribution in [0.25, 0.3) is 5.78 Å². The number of rotatable bonds is 5. The second-order valence-electron chi connectivity index (χ2n) is 10.4. The smallest absolute Gasteiger partial charge is 0.252 e. The van der Waals surface area contributed by atoms with Gasteiger partial charge in [-0.3, -0.25) is 4.79 Å². The zero-order valence-electron chi connectivity index (χ0n) is 18.8. The number of benzene rings is 1. The lowest BCUT2D eigenvalue weighted by Gasteiger charge is -2.57. The van der Waals surface area contributed by atoms with Crippen LogP contribution in [0.2, 0.25) is 0 Å². The van der Waals surface area contributed by atoms with Crippen molar-refractivity contribution in [3.8, 4) is 0 Å². The van der Waals surface area contributed by atoms with Crippen molar-refractivity contribution in [3.05, 3.63) is 47.5 Å². The lowest BCUT2D eigenvalue weighted by atomic mass is 9.53. The fraction of sp³-hybridized carbons (Fsp3) is 0.520. The van der Waals surface area contributed by atoms with E-state index in [0.717, 1.165) is 40.5 Å². The van der Waals surface area contributed by atoms with Gasteiger partial charge in [0.2, 0.25) is 5.91 Å². The second-order valence-corrected chi connectivity index (χ2v) is 10.4. The van der Waals surface area contributed by atoms with Crippen molar-refractivity contribution in [2.75, 3.05) is 10.6 Å². The molecule has 3 aromatic rings. The molecule has 0 aliphatic heterocycles. The van der Waals surface area contributed by atoms with Crippen LogP contribution in [0.15, 0.2) is 30.3 Å². The molecule has 4 fully saturated rings. The third-order valence-corrected chi connectivity index (χ3v) is 7.62. The summed E-state index contributed by atoms with van der Waals surface area (Å²) >= 11 is 0. The van der Waals surface area contributed by atoms with Gasteiger partial charge in [-0.2, -0.15) is 4.98 Å². The molecule has 2 heterocycles. The minimum atomic E-state index is -0.116. The first-order valence-corrected chi connectivity index (χ1v) is 11.8. The molecule has 0 unspecified atom stereocenters. The number of nitrogens with one attached hydrogen (secondary N) is 2. The molecule has 4 aliphatic carbocycles. The van der Waals surface area contributed by atoms with E-state index in [9.17, 15) is 4.79 Å². The van der Waals surface area contributed by atoms with Crippen molar-refractivity contribution < 1.29 is 4.79 Å². The van der Waals surface area contributed by atoms with Crippen molar-refractivity contribution in [1.29, 1.82) is 0 Å². The lowest BCUT2D eigenvalue weighted by Crippen LogP contribution is -2.54. The van der Waals surface area contributed by atoms with Crippen LogP contribution in [0.3, 0.4) is 0 Å². The Morgan fingerprint density at radius 3 is 2.38 bits per heavy atom. The molecule has 0 atom stereocenters. The number of anilines is 2. The molecule has 1 aromatic carbocycles. The monoisotopic (exact) mass is 430 g/mol. The number of fused-ring (bicyclic) bond motifs is 1. The van der Waals surface area contributed by atoms with E-state index in [0.29, 0.717) is 11.6 Å². The van der Waals surface area contributed by atoms with E-state index in [1.807, 2.05) is 38.1 Å². The van der Waals surface area contributed by atoms with Gasteiger partial charge >= 0.3 is 0 Å². The predicted molar refractivity (Wildman–Crippen MR) is 124 cm³/mol. The lowest BCUT2D eigenvalue weighted by molar-refractivity contribution is -0.115. The number of carbonyl (C=O) groups is 1. The van der Waals surface area contributed by atoms with Crippen LogP contribution in [0.1, 0.15) is 55.7 Å². The molecule has 7 rings (SSSR count). The number of nitrogens with zero attached hydrogens (tertiary/aromatic N) is 4. The van der Waals surface area contributed by atoms with E-state index in [1.165, 1.54) is 38.5 Å². The summed E-state index contributed by atoms with van der Waals surface area (Å²) in [5, 5.41) is 11.5. The van der Waals surface area contributed by atoms with Crippen molar-refractivity contribution >= 4 is 23.1 Å². The van der Waals surface area contributed by atoms with E-state index < -0.39 is 0 Å². The van der Waals surface area contributed by atoms with Gasteiger partial charge in [-0.1, -0.05) is 12.1 Å². The Morgan fingerprint density at radius 2 is 1.69 bits per heavy atom. The first-order chi connectivity index (χ1) is 15.4. The van der Waals surface area contributed by atoms with E-state index in [2.05, 4.69) is 31.8 Å². The van der Waals surface area contributed by atoms with Crippen molar-refractivity contribution in [2.24, 2.45) is 17.8 Å². The zero-order valence-corrected chi connectivity index (χ0v) is 18.8. The van der Waals surface area contributed by atoms with Crippen LogP contribution in [-0.2, 0) is 11.2 Å². The third kappa shape index (κ3) is 3.53. The Labute approximate surface area is 188 Å². The molecule has 1 amide bonds. The molecule has 4 bridgehead atoms. The van der Waals surface area contributed by atoms with Gasteiger partial charge in [0, 0.05) is 16.9 Å². The van der Waals surface area contributed by atoms with E-state index in [4.69, 9.17) is 0 Å². The molecular weight excluding hydrogens is 400 g/mol. The van der Waals surface area contributed by atoms with Crippen molar-refractivity contribution in [1.82, 2.24) is 19.6 Å². The first kappa shape index (κ1) is 19.7. The minimum Gasteiger partial charge on any atom is -0.378 e. The summed E-state index contributed by atoms with van der Waals surface area (Å²) < 4.78 is 1.69. The SMILES string of the molecule is Cc1cc(C)n2nc(CC(=O)Nc3ccccc3NC34CC5CC(CC(C5)C3)C4)nc2n1. The van der Waals surface area contributed by atoms with Crippen molar-refractivity contribution in [3.63, 3.8) is 0 Å². The average molecular weight is 431 g/mol. The highest BCUT2D eigenvalue weighted by atomic mass is 16.1. The van der Waals surface area contributed by atoms with Gasteiger partial charge in [0.1, 0.15) is 0 Å². The summed E-state index contributed by atoms with van der Waals surface area (Å²) in [6.07, 6.45) is 8.15. The first-order valence-electron chi connectivity index (χ1n) is 11.8. The molecule has 4 aliphatic rings. The van der Waals surface area contributed by atoms with Gasteiger partial charge in [0.05, 0.1) is 17.8 Å². The van der Waals surface area contributed by atoms with Gasteiger partial charge in [-0.15, -0.1) is 5.10 Å². The third-order valence-electron chi connectivity index (χ3n) is 7.62. The molecule has 0 spiro atoms. The van der Waals surface area contributed by atoms with E-state index >= 15 is 0 Å². The highest BCUT2D eigenvalue weighted by Crippen LogP contribution is 2.56. The van der Waals surface area contributed by atoms with Gasteiger partial charge in [-0.05, 0) is 88.3 Å². The van der Waals surface area contributed by atoms with Crippen LogP contribution in [-0.4, -0.2) is 31.0 Å². The highest BCUT2D eigenvalue weighted by molar-refractivity contribution is 5.95. The average Bonchev–Trinajstić information content (AvgIpc) is 3.10. The largest absolute Gasteiger partial charge is 0.378 e. The molecule has 7 heteroatoms. The molecule has 7 nitrogen and oxygen atoms in total.